The number of halogens is 2. The van der Waals surface area contributed by atoms with Gasteiger partial charge in [-0.05, 0) is 23.2 Å². The van der Waals surface area contributed by atoms with Crippen LogP contribution in [0.1, 0.15) is 90.9 Å². The topological polar surface area (TPSA) is 0 Å². The molecule has 0 amide bonds. The summed E-state index contributed by atoms with van der Waals surface area (Å²) in [6.07, 6.45) is 15.8. The van der Waals surface area contributed by atoms with Crippen molar-refractivity contribution in [1.29, 1.82) is 0 Å². The molecule has 0 radical (unpaired) electrons. The van der Waals surface area contributed by atoms with Crippen LogP contribution >= 0.6 is 22.2 Å². The lowest BCUT2D eigenvalue weighted by molar-refractivity contribution is 0.495. The molecule has 0 heterocycles. The van der Waals surface area contributed by atoms with Crippen molar-refractivity contribution < 1.29 is 0 Å². The van der Waals surface area contributed by atoms with Gasteiger partial charge in [0.2, 0.25) is 14.8 Å². The normalized spacial score (nSPS) is 25.3. The zero-order valence-corrected chi connectivity index (χ0v) is 19.3. The first-order valence-corrected chi connectivity index (χ1v) is 17.1. The van der Waals surface area contributed by atoms with E-state index in [2.05, 4.69) is 24.9 Å². The minimum atomic E-state index is -1.99. The summed E-state index contributed by atoms with van der Waals surface area (Å²) in [5, 5.41) is 0. The summed E-state index contributed by atoms with van der Waals surface area (Å²) in [5.74, 6) is 0. The van der Waals surface area contributed by atoms with Gasteiger partial charge in [0.1, 0.15) is 0 Å². The standard InChI is InChI=1S/C20H36Cl2Si2/c1-3-15-23(21,19-11-7-5-8-12-19)17-18-24(22,16-4-2)20-13-9-6-10-14-20/h19-20H,3-16H2,1-2H3. The number of hydrogen-bond acceptors (Lipinski definition) is 0. The molecule has 2 rings (SSSR count). The highest BCUT2D eigenvalue weighted by Crippen LogP contribution is 2.44. The Balaban J connectivity index is 2.20. The molecule has 0 aromatic rings. The Morgan fingerprint density at radius 1 is 0.667 bits per heavy atom. The summed E-state index contributed by atoms with van der Waals surface area (Å²) in [5.41, 5.74) is 8.97. The van der Waals surface area contributed by atoms with Gasteiger partial charge in [-0.15, -0.1) is 33.2 Å². The maximum absolute atomic E-state index is 7.29. The average Bonchev–Trinajstić information content (AvgIpc) is 2.62. The van der Waals surface area contributed by atoms with Crippen molar-refractivity contribution >= 4 is 36.9 Å². The monoisotopic (exact) mass is 402 g/mol. The van der Waals surface area contributed by atoms with E-state index in [0.717, 1.165) is 12.1 Å². The minimum Gasteiger partial charge on any atom is -0.150 e. The van der Waals surface area contributed by atoms with Gasteiger partial charge in [-0.1, -0.05) is 90.9 Å². The lowest BCUT2D eigenvalue weighted by Gasteiger charge is -2.34. The zero-order chi connectivity index (χ0) is 17.5. The van der Waals surface area contributed by atoms with Gasteiger partial charge in [-0.25, -0.2) is 0 Å². The van der Waals surface area contributed by atoms with E-state index in [1.54, 1.807) is 0 Å². The van der Waals surface area contributed by atoms with Crippen molar-refractivity contribution in [3.05, 3.63) is 0 Å². The molecule has 2 unspecified atom stereocenters. The van der Waals surface area contributed by atoms with E-state index in [1.807, 2.05) is 0 Å². The highest BCUT2D eigenvalue weighted by molar-refractivity contribution is 7.29. The molecule has 0 aliphatic heterocycles. The highest BCUT2D eigenvalue weighted by Gasteiger charge is 2.42. The fourth-order valence-electron chi connectivity index (χ4n) is 4.79. The van der Waals surface area contributed by atoms with E-state index >= 15 is 0 Å². The Hall–Kier alpha value is 0.574. The first-order valence-electron chi connectivity index (χ1n) is 10.5. The molecule has 24 heavy (non-hydrogen) atoms. The second-order valence-corrected chi connectivity index (χ2v) is 18.8. The van der Waals surface area contributed by atoms with Gasteiger partial charge in [0.15, 0.2) is 0 Å². The molecule has 0 bridgehead atoms. The minimum absolute atomic E-state index is 0.711. The molecule has 0 aromatic heterocycles. The van der Waals surface area contributed by atoms with E-state index in [4.69, 9.17) is 22.2 Å². The number of hydrogen-bond donors (Lipinski definition) is 0. The molecular weight excluding hydrogens is 367 g/mol. The fraction of sp³-hybridized carbons (Fsp3) is 0.900. The van der Waals surface area contributed by atoms with Gasteiger partial charge in [0, 0.05) is 0 Å². The van der Waals surface area contributed by atoms with E-state index in [-0.39, 0.29) is 0 Å². The molecule has 0 nitrogen and oxygen atoms in total. The molecular formula is C20H36Cl2Si2. The maximum Gasteiger partial charge on any atom is 0.236 e. The highest BCUT2D eigenvalue weighted by atomic mass is 35.6. The second kappa shape index (κ2) is 10.0. The van der Waals surface area contributed by atoms with Crippen LogP contribution in [0.15, 0.2) is 0 Å². The lowest BCUT2D eigenvalue weighted by Crippen LogP contribution is -2.37. The lowest BCUT2D eigenvalue weighted by atomic mass is 10.0. The van der Waals surface area contributed by atoms with E-state index in [9.17, 15) is 0 Å². The fourth-order valence-corrected chi connectivity index (χ4v) is 15.3. The van der Waals surface area contributed by atoms with Crippen LogP contribution in [-0.2, 0) is 0 Å². The third-order valence-corrected chi connectivity index (χ3v) is 17.3. The summed E-state index contributed by atoms with van der Waals surface area (Å²) >= 11 is 14.6. The van der Waals surface area contributed by atoms with Gasteiger partial charge >= 0.3 is 0 Å². The molecule has 2 fully saturated rings. The molecule has 0 N–H and O–H groups in total. The maximum atomic E-state index is 7.29. The van der Waals surface area contributed by atoms with Crippen molar-refractivity contribution in [2.24, 2.45) is 0 Å². The summed E-state index contributed by atoms with van der Waals surface area (Å²) in [6, 6.07) is 2.31. The van der Waals surface area contributed by atoms with Crippen LogP contribution in [-0.4, -0.2) is 14.8 Å². The molecule has 2 saturated carbocycles. The van der Waals surface area contributed by atoms with Crippen molar-refractivity contribution in [3.63, 3.8) is 0 Å². The van der Waals surface area contributed by atoms with Crippen LogP contribution in [0.3, 0.4) is 0 Å². The molecule has 138 valence electrons. The molecule has 0 aromatic carbocycles. The van der Waals surface area contributed by atoms with Crippen LogP contribution in [0.25, 0.3) is 0 Å². The Morgan fingerprint density at radius 2 is 1.00 bits per heavy atom. The summed E-state index contributed by atoms with van der Waals surface area (Å²) < 4.78 is 0. The summed E-state index contributed by atoms with van der Waals surface area (Å²) in [4.78, 5) is 0. The Labute approximate surface area is 161 Å². The first kappa shape index (κ1) is 20.9. The molecule has 2 atom stereocenters. The quantitative estimate of drug-likeness (QED) is 0.240. The molecule has 2 aliphatic rings. The molecule has 2 aliphatic carbocycles. The summed E-state index contributed by atoms with van der Waals surface area (Å²) in [6.45, 7) is 4.54. The second-order valence-electron chi connectivity index (χ2n) is 8.14. The van der Waals surface area contributed by atoms with Gasteiger partial charge in [-0.3, -0.25) is 0 Å². The van der Waals surface area contributed by atoms with Crippen LogP contribution in [0.4, 0.5) is 0 Å². The molecule has 4 heteroatoms. The Kier molecular flexibility index (Phi) is 8.74. The van der Waals surface area contributed by atoms with Crippen molar-refractivity contribution in [2.75, 3.05) is 0 Å². The predicted molar refractivity (Wildman–Crippen MR) is 115 cm³/mol. The smallest absolute Gasteiger partial charge is 0.150 e. The van der Waals surface area contributed by atoms with Crippen LogP contribution < -0.4 is 0 Å². The largest absolute Gasteiger partial charge is 0.236 e. The van der Waals surface area contributed by atoms with Gasteiger partial charge in [-0.2, -0.15) is 0 Å². The van der Waals surface area contributed by atoms with Crippen LogP contribution in [0, 0.1) is 11.1 Å². The summed E-state index contributed by atoms with van der Waals surface area (Å²) in [7, 11) is -3.98. The van der Waals surface area contributed by atoms with Gasteiger partial charge < -0.3 is 0 Å². The van der Waals surface area contributed by atoms with Gasteiger partial charge in [0.05, 0.1) is 0 Å². The third kappa shape index (κ3) is 5.53. The van der Waals surface area contributed by atoms with Crippen molar-refractivity contribution in [1.82, 2.24) is 0 Å². The van der Waals surface area contributed by atoms with Gasteiger partial charge in [0.25, 0.3) is 0 Å². The Morgan fingerprint density at radius 3 is 1.29 bits per heavy atom. The molecule has 0 saturated heterocycles. The number of rotatable bonds is 6. The van der Waals surface area contributed by atoms with E-state index in [0.29, 0.717) is 11.1 Å². The third-order valence-electron chi connectivity index (χ3n) is 6.21. The van der Waals surface area contributed by atoms with Crippen molar-refractivity contribution in [2.45, 2.75) is 114 Å². The predicted octanol–water partition coefficient (Wildman–Crippen LogP) is 7.93. The zero-order valence-electron chi connectivity index (χ0n) is 15.8. The van der Waals surface area contributed by atoms with Crippen LogP contribution in [0.2, 0.25) is 23.2 Å². The average molecular weight is 404 g/mol. The first-order chi connectivity index (χ1) is 11.5. The van der Waals surface area contributed by atoms with E-state index < -0.39 is 14.8 Å². The molecule has 0 spiro atoms. The van der Waals surface area contributed by atoms with Crippen molar-refractivity contribution in [3.8, 4) is 11.1 Å². The Bertz CT molecular complexity index is 395. The van der Waals surface area contributed by atoms with E-state index in [1.165, 1.54) is 77.0 Å². The van der Waals surface area contributed by atoms with Crippen LogP contribution in [0.5, 0.6) is 0 Å². The SMILES string of the molecule is CCC[Si](Cl)(C#C[Si](Cl)(CCC)C1CCCCC1)C1CCCCC1.